The molecule has 1 aromatic heterocycles. The van der Waals surface area contributed by atoms with Crippen molar-refractivity contribution < 1.29 is 14.2 Å². The summed E-state index contributed by atoms with van der Waals surface area (Å²) in [7, 11) is 0. The van der Waals surface area contributed by atoms with Crippen LogP contribution in [0.3, 0.4) is 0 Å². The molecular weight excluding hydrogens is 498 g/mol. The Bertz CT molecular complexity index is 1240. The van der Waals surface area contributed by atoms with Gasteiger partial charge in [-0.25, -0.2) is 0 Å². The smallest absolute Gasteiger partial charge is 0.297 e. The Hall–Kier alpha value is -3.21. The summed E-state index contributed by atoms with van der Waals surface area (Å²) in [5.74, 6) is 1.59. The van der Waals surface area contributed by atoms with Crippen LogP contribution in [0.15, 0.2) is 65.0 Å². The Kier molecular flexibility index (Phi) is 13.7. The molecule has 0 atom stereocenters. The van der Waals surface area contributed by atoms with Crippen LogP contribution < -0.4 is 19.8 Å². The SMILES string of the molecule is CCCCCCCCn1c(=O)c(OCCCCCC)c(OCC=C(C)C)c2ccc(OCc3ccccc3)cc21. The molecule has 2 aromatic carbocycles. The molecule has 0 fully saturated rings. The summed E-state index contributed by atoms with van der Waals surface area (Å²) in [5, 5.41) is 0.878. The molecule has 0 amide bonds. The Morgan fingerprint density at radius 1 is 0.775 bits per heavy atom. The highest BCUT2D eigenvalue weighted by atomic mass is 16.5. The van der Waals surface area contributed by atoms with Crippen molar-refractivity contribution in [3.63, 3.8) is 0 Å². The Labute approximate surface area is 241 Å². The maximum atomic E-state index is 14.0. The van der Waals surface area contributed by atoms with Crippen molar-refractivity contribution in [1.29, 1.82) is 0 Å². The second-order valence-corrected chi connectivity index (χ2v) is 10.8. The maximum Gasteiger partial charge on any atom is 0.297 e. The molecule has 0 bridgehead atoms. The number of pyridine rings is 1. The number of ether oxygens (including phenoxy) is 3. The van der Waals surface area contributed by atoms with E-state index in [1.54, 1.807) is 0 Å². The predicted octanol–water partition coefficient (Wildman–Crippen LogP) is 9.25. The lowest BCUT2D eigenvalue weighted by molar-refractivity contribution is 0.272. The molecule has 0 aliphatic heterocycles. The van der Waals surface area contributed by atoms with Gasteiger partial charge in [0.15, 0.2) is 5.75 Å². The van der Waals surface area contributed by atoms with Crippen LogP contribution in [0.25, 0.3) is 10.9 Å². The van der Waals surface area contributed by atoms with Crippen molar-refractivity contribution in [2.75, 3.05) is 13.2 Å². The van der Waals surface area contributed by atoms with Crippen LogP contribution in [-0.2, 0) is 13.2 Å². The second kappa shape index (κ2) is 17.5. The molecule has 5 heteroatoms. The van der Waals surface area contributed by atoms with Crippen LogP contribution >= 0.6 is 0 Å². The van der Waals surface area contributed by atoms with E-state index in [4.69, 9.17) is 14.2 Å². The van der Waals surface area contributed by atoms with E-state index in [9.17, 15) is 4.79 Å². The van der Waals surface area contributed by atoms with Gasteiger partial charge in [-0.05, 0) is 50.5 Å². The van der Waals surface area contributed by atoms with Crippen molar-refractivity contribution in [2.45, 2.75) is 105 Å². The number of hydrogen-bond acceptors (Lipinski definition) is 4. The number of unbranched alkanes of at least 4 members (excludes halogenated alkanes) is 8. The fourth-order valence-electron chi connectivity index (χ4n) is 4.75. The van der Waals surface area contributed by atoms with Gasteiger partial charge >= 0.3 is 0 Å². The minimum Gasteiger partial charge on any atom is -0.489 e. The van der Waals surface area contributed by atoms with E-state index in [2.05, 4.69) is 26.0 Å². The standard InChI is InChI=1S/C35H49NO4/c1-5-7-9-11-12-16-23-36-32-26-30(40-27-29-18-14-13-15-19-29)20-21-31(32)33(39-25-22-28(3)4)34(35(36)37)38-24-17-10-8-6-2/h13-15,18-22,26H,5-12,16-17,23-25,27H2,1-4H3. The first-order valence-electron chi connectivity index (χ1n) is 15.3. The van der Waals surface area contributed by atoms with Gasteiger partial charge in [-0.2, -0.15) is 0 Å². The molecule has 218 valence electrons. The highest BCUT2D eigenvalue weighted by Gasteiger charge is 2.20. The predicted molar refractivity (Wildman–Crippen MR) is 167 cm³/mol. The normalized spacial score (nSPS) is 11.0. The summed E-state index contributed by atoms with van der Waals surface area (Å²) < 4.78 is 20.5. The number of aromatic nitrogens is 1. The molecule has 0 saturated heterocycles. The van der Waals surface area contributed by atoms with Crippen LogP contribution in [0, 0.1) is 0 Å². The maximum absolute atomic E-state index is 14.0. The lowest BCUT2D eigenvalue weighted by Crippen LogP contribution is -2.24. The molecule has 0 N–H and O–H groups in total. The molecule has 5 nitrogen and oxygen atoms in total. The van der Waals surface area contributed by atoms with Gasteiger partial charge in [0.1, 0.15) is 19.0 Å². The van der Waals surface area contributed by atoms with Crippen molar-refractivity contribution in [1.82, 2.24) is 4.57 Å². The van der Waals surface area contributed by atoms with Crippen molar-refractivity contribution in [2.24, 2.45) is 0 Å². The molecule has 0 aliphatic rings. The minimum atomic E-state index is -0.121. The van der Waals surface area contributed by atoms with E-state index >= 15 is 0 Å². The van der Waals surface area contributed by atoms with E-state index < -0.39 is 0 Å². The fourth-order valence-corrected chi connectivity index (χ4v) is 4.75. The van der Waals surface area contributed by atoms with Gasteiger partial charge in [0, 0.05) is 18.0 Å². The van der Waals surface area contributed by atoms with Crippen molar-refractivity contribution in [3.8, 4) is 17.2 Å². The van der Waals surface area contributed by atoms with Crippen LogP contribution in [-0.4, -0.2) is 17.8 Å². The molecule has 0 unspecified atom stereocenters. The quantitative estimate of drug-likeness (QED) is 0.111. The third-order valence-electron chi connectivity index (χ3n) is 7.10. The molecule has 3 rings (SSSR count). The number of fused-ring (bicyclic) bond motifs is 1. The molecule has 3 aromatic rings. The summed E-state index contributed by atoms with van der Waals surface area (Å²) in [4.78, 5) is 14.0. The highest BCUT2D eigenvalue weighted by Crippen LogP contribution is 2.35. The number of rotatable bonds is 19. The molecular formula is C35H49NO4. The third-order valence-corrected chi connectivity index (χ3v) is 7.10. The van der Waals surface area contributed by atoms with Crippen LogP contribution in [0.4, 0.5) is 0 Å². The number of aryl methyl sites for hydroxylation is 1. The molecule has 40 heavy (non-hydrogen) atoms. The lowest BCUT2D eigenvalue weighted by atomic mass is 10.1. The first-order chi connectivity index (χ1) is 19.5. The van der Waals surface area contributed by atoms with E-state index in [0.29, 0.717) is 37.9 Å². The summed E-state index contributed by atoms with van der Waals surface area (Å²) in [5.41, 5.74) is 2.97. The zero-order valence-corrected chi connectivity index (χ0v) is 25.2. The summed E-state index contributed by atoms with van der Waals surface area (Å²) in [6.07, 6.45) is 13.3. The van der Waals surface area contributed by atoms with Crippen LogP contribution in [0.1, 0.15) is 97.5 Å². The van der Waals surface area contributed by atoms with Gasteiger partial charge in [-0.15, -0.1) is 0 Å². The first-order valence-corrected chi connectivity index (χ1v) is 15.3. The van der Waals surface area contributed by atoms with Crippen molar-refractivity contribution >= 4 is 10.9 Å². The average Bonchev–Trinajstić information content (AvgIpc) is 2.96. The first kappa shape index (κ1) is 31.3. The van der Waals surface area contributed by atoms with Gasteiger partial charge in [-0.1, -0.05) is 101 Å². The third kappa shape index (κ3) is 9.76. The highest BCUT2D eigenvalue weighted by molar-refractivity contribution is 5.89. The Morgan fingerprint density at radius 2 is 1.48 bits per heavy atom. The average molecular weight is 548 g/mol. The second-order valence-electron chi connectivity index (χ2n) is 10.8. The Morgan fingerprint density at radius 3 is 2.20 bits per heavy atom. The topological polar surface area (TPSA) is 49.7 Å². The van der Waals surface area contributed by atoms with Gasteiger partial charge < -0.3 is 18.8 Å². The molecule has 1 heterocycles. The van der Waals surface area contributed by atoms with Gasteiger partial charge in [-0.3, -0.25) is 4.79 Å². The zero-order chi connectivity index (χ0) is 28.6. The monoisotopic (exact) mass is 547 g/mol. The van der Waals surface area contributed by atoms with Crippen molar-refractivity contribution in [3.05, 3.63) is 76.1 Å². The van der Waals surface area contributed by atoms with E-state index in [0.717, 1.165) is 54.3 Å². The van der Waals surface area contributed by atoms with Gasteiger partial charge in [0.05, 0.1) is 12.1 Å². The molecule has 0 radical (unpaired) electrons. The fraction of sp³-hybridized carbons (Fsp3) is 0.514. The molecule has 0 aliphatic carbocycles. The van der Waals surface area contributed by atoms with E-state index in [1.807, 2.05) is 60.9 Å². The number of hydrogen-bond donors (Lipinski definition) is 0. The molecule has 0 spiro atoms. The minimum absolute atomic E-state index is 0.121. The van der Waals surface area contributed by atoms with Crippen LogP contribution in [0.2, 0.25) is 0 Å². The van der Waals surface area contributed by atoms with Gasteiger partial charge in [0.25, 0.3) is 5.56 Å². The van der Waals surface area contributed by atoms with Crippen LogP contribution in [0.5, 0.6) is 17.2 Å². The number of allylic oxidation sites excluding steroid dienone is 1. The van der Waals surface area contributed by atoms with Gasteiger partial charge in [0.2, 0.25) is 5.75 Å². The number of benzene rings is 2. The zero-order valence-electron chi connectivity index (χ0n) is 25.2. The molecule has 0 saturated carbocycles. The summed E-state index contributed by atoms with van der Waals surface area (Å²) in [6.45, 7) is 10.5. The largest absolute Gasteiger partial charge is 0.489 e. The van der Waals surface area contributed by atoms with E-state index in [1.165, 1.54) is 37.7 Å². The van der Waals surface area contributed by atoms with E-state index in [-0.39, 0.29) is 5.56 Å². The Balaban J connectivity index is 1.97. The summed E-state index contributed by atoms with van der Waals surface area (Å²) >= 11 is 0. The number of nitrogens with zero attached hydrogens (tertiary/aromatic N) is 1. The summed E-state index contributed by atoms with van der Waals surface area (Å²) in [6, 6.07) is 16.1. The lowest BCUT2D eigenvalue weighted by Gasteiger charge is -2.19.